The summed E-state index contributed by atoms with van der Waals surface area (Å²) >= 11 is 0. The van der Waals surface area contributed by atoms with Crippen LogP contribution in [-0.4, -0.2) is 42.2 Å². The number of likely N-dealkylation sites (N-methyl/N-ethyl adjacent to an activating group) is 1. The molecule has 2 amide bonds. The van der Waals surface area contributed by atoms with Gasteiger partial charge in [0.05, 0.1) is 5.92 Å². The molecule has 1 unspecified atom stereocenters. The van der Waals surface area contributed by atoms with E-state index in [4.69, 9.17) is 0 Å². The molecule has 0 saturated carbocycles. The minimum atomic E-state index is -0.393. The van der Waals surface area contributed by atoms with E-state index in [9.17, 15) is 9.59 Å². The van der Waals surface area contributed by atoms with Crippen molar-refractivity contribution in [2.75, 3.05) is 13.6 Å². The summed E-state index contributed by atoms with van der Waals surface area (Å²) in [7, 11) is 1.60. The van der Waals surface area contributed by atoms with Crippen LogP contribution >= 0.6 is 0 Å². The molecular weight excluding hydrogens is 208 g/mol. The van der Waals surface area contributed by atoms with Crippen LogP contribution in [0.5, 0.6) is 0 Å². The molecule has 0 saturated heterocycles. The fraction of sp³-hybridized carbons (Fsp3) is 0.400. The van der Waals surface area contributed by atoms with E-state index in [-0.39, 0.29) is 11.8 Å². The number of nitrogens with zero attached hydrogens (tertiary/aromatic N) is 3. The number of carbonyl (C=O) groups is 2. The predicted molar refractivity (Wildman–Crippen MR) is 59.0 cm³/mol. The highest BCUT2D eigenvalue weighted by Gasteiger charge is 2.37. The largest absolute Gasteiger partial charge is 0.353 e. The highest BCUT2D eigenvalue weighted by molar-refractivity contribution is 6.45. The summed E-state index contributed by atoms with van der Waals surface area (Å²) in [6.45, 7) is 2.39. The number of hydrogen-bond donors (Lipinski definition) is 1. The van der Waals surface area contributed by atoms with Gasteiger partial charge in [0.2, 0.25) is 5.91 Å². The number of nitrogens with one attached hydrogen (secondary N) is 1. The number of rotatable bonds is 2. The fourth-order valence-corrected chi connectivity index (χ4v) is 1.69. The molecule has 0 aromatic heterocycles. The first-order valence-electron chi connectivity index (χ1n) is 5.03. The Balaban J connectivity index is 2.34. The van der Waals surface area contributed by atoms with Crippen LogP contribution < -0.4 is 5.32 Å². The van der Waals surface area contributed by atoms with Crippen LogP contribution in [0.25, 0.3) is 0 Å². The molecule has 1 N–H and O–H groups in total. The van der Waals surface area contributed by atoms with Crippen molar-refractivity contribution in [3.8, 4) is 0 Å². The van der Waals surface area contributed by atoms with E-state index in [1.54, 1.807) is 7.05 Å². The van der Waals surface area contributed by atoms with E-state index in [1.807, 2.05) is 6.92 Å². The third-order valence-electron chi connectivity index (χ3n) is 2.48. The minimum Gasteiger partial charge on any atom is -0.353 e. The minimum absolute atomic E-state index is 0.187. The fourth-order valence-electron chi connectivity index (χ4n) is 1.69. The van der Waals surface area contributed by atoms with E-state index < -0.39 is 5.92 Å². The summed E-state index contributed by atoms with van der Waals surface area (Å²) in [5.41, 5.74) is 0.815. The lowest BCUT2D eigenvalue weighted by molar-refractivity contribution is -0.121. The highest BCUT2D eigenvalue weighted by Crippen LogP contribution is 2.22. The van der Waals surface area contributed by atoms with Gasteiger partial charge in [0.1, 0.15) is 5.71 Å². The quantitative estimate of drug-likeness (QED) is 0.683. The lowest BCUT2D eigenvalue weighted by Gasteiger charge is -2.24. The molecule has 0 bridgehead atoms. The van der Waals surface area contributed by atoms with Gasteiger partial charge in [0, 0.05) is 31.6 Å². The summed E-state index contributed by atoms with van der Waals surface area (Å²) in [4.78, 5) is 24.8. The second-order valence-corrected chi connectivity index (χ2v) is 3.59. The molecule has 2 aliphatic rings. The van der Waals surface area contributed by atoms with Gasteiger partial charge in [-0.3, -0.25) is 9.59 Å². The summed E-state index contributed by atoms with van der Waals surface area (Å²) in [5.74, 6) is -0.793. The number of fused-ring (bicyclic) bond motifs is 1. The number of carbonyl (C=O) groups excluding carboxylic acids is 2. The Bertz CT molecular complexity index is 436. The first kappa shape index (κ1) is 10.5. The van der Waals surface area contributed by atoms with Crippen molar-refractivity contribution in [3.63, 3.8) is 0 Å². The molecule has 0 fully saturated rings. The van der Waals surface area contributed by atoms with Crippen LogP contribution in [0.2, 0.25) is 0 Å². The lowest BCUT2D eigenvalue weighted by Crippen LogP contribution is -2.43. The van der Waals surface area contributed by atoms with Gasteiger partial charge >= 0.3 is 0 Å². The van der Waals surface area contributed by atoms with Crippen molar-refractivity contribution >= 4 is 23.7 Å². The van der Waals surface area contributed by atoms with Crippen molar-refractivity contribution in [2.45, 2.75) is 6.92 Å². The topological polar surface area (TPSA) is 74.1 Å². The van der Waals surface area contributed by atoms with Gasteiger partial charge in [-0.05, 0) is 6.92 Å². The maximum Gasteiger partial charge on any atom is 0.274 e. The van der Waals surface area contributed by atoms with Crippen LogP contribution in [0.3, 0.4) is 0 Å². The van der Waals surface area contributed by atoms with Gasteiger partial charge < -0.3 is 10.2 Å². The first-order chi connectivity index (χ1) is 7.65. The molecule has 1 atom stereocenters. The third kappa shape index (κ3) is 1.52. The van der Waals surface area contributed by atoms with E-state index in [2.05, 4.69) is 15.5 Å². The zero-order chi connectivity index (χ0) is 11.7. The second kappa shape index (κ2) is 3.88. The molecule has 2 heterocycles. The highest BCUT2D eigenvalue weighted by atomic mass is 16.2. The molecule has 0 aromatic carbocycles. The summed E-state index contributed by atoms with van der Waals surface area (Å²) in [6, 6.07) is 0. The SMILES string of the molecule is CCNC(=O)C1=CN(C)C(=O)C2=NN=CC12. The Morgan fingerprint density at radius 3 is 3.06 bits per heavy atom. The molecule has 6 heteroatoms. The average molecular weight is 220 g/mol. The van der Waals surface area contributed by atoms with Gasteiger partial charge in [0.15, 0.2) is 0 Å². The maximum atomic E-state index is 11.8. The van der Waals surface area contributed by atoms with Crippen LogP contribution in [0, 0.1) is 5.92 Å². The van der Waals surface area contributed by atoms with E-state index >= 15 is 0 Å². The van der Waals surface area contributed by atoms with Crippen LogP contribution in [0.4, 0.5) is 0 Å². The molecule has 0 spiro atoms. The van der Waals surface area contributed by atoms with Crippen molar-refractivity contribution in [3.05, 3.63) is 11.8 Å². The first-order valence-corrected chi connectivity index (χ1v) is 5.03. The predicted octanol–water partition coefficient (Wildman–Crippen LogP) is -0.465. The molecule has 2 rings (SSSR count). The van der Waals surface area contributed by atoms with Crippen molar-refractivity contribution in [1.29, 1.82) is 0 Å². The molecule has 84 valence electrons. The van der Waals surface area contributed by atoms with Gasteiger partial charge in [-0.1, -0.05) is 0 Å². The van der Waals surface area contributed by atoms with Crippen molar-refractivity contribution in [2.24, 2.45) is 16.1 Å². The lowest BCUT2D eigenvalue weighted by atomic mass is 9.92. The Kier molecular flexibility index (Phi) is 2.55. The zero-order valence-electron chi connectivity index (χ0n) is 9.10. The summed E-state index contributed by atoms with van der Waals surface area (Å²) in [5, 5.41) is 10.2. The zero-order valence-corrected chi connectivity index (χ0v) is 9.10. The summed E-state index contributed by atoms with van der Waals surface area (Å²) < 4.78 is 0. The second-order valence-electron chi connectivity index (χ2n) is 3.59. The molecule has 6 nitrogen and oxygen atoms in total. The molecule has 2 aliphatic heterocycles. The number of hydrogen-bond acceptors (Lipinski definition) is 4. The smallest absolute Gasteiger partial charge is 0.274 e. The average Bonchev–Trinajstić information content (AvgIpc) is 2.72. The Hall–Kier alpha value is -1.98. The summed E-state index contributed by atoms with van der Waals surface area (Å²) in [6.07, 6.45) is 3.05. The van der Waals surface area contributed by atoms with E-state index in [0.29, 0.717) is 17.8 Å². The van der Waals surface area contributed by atoms with Gasteiger partial charge in [-0.15, -0.1) is 5.10 Å². The molecule has 0 radical (unpaired) electrons. The molecule has 0 aromatic rings. The van der Waals surface area contributed by atoms with E-state index in [0.717, 1.165) is 0 Å². The van der Waals surface area contributed by atoms with Gasteiger partial charge in [-0.25, -0.2) is 0 Å². The molecule has 16 heavy (non-hydrogen) atoms. The molecular formula is C10H12N4O2. The third-order valence-corrected chi connectivity index (χ3v) is 2.48. The van der Waals surface area contributed by atoms with Crippen LogP contribution in [0.1, 0.15) is 6.92 Å². The number of amides is 2. The Labute approximate surface area is 92.7 Å². The standard InChI is InChI=1S/C10H12N4O2/c1-3-11-9(15)7-5-14(2)10(16)8-6(7)4-12-13-8/h4-6H,3H2,1-2H3,(H,11,15). The Morgan fingerprint density at radius 1 is 1.62 bits per heavy atom. The van der Waals surface area contributed by atoms with Gasteiger partial charge in [0.25, 0.3) is 5.91 Å². The van der Waals surface area contributed by atoms with E-state index in [1.165, 1.54) is 17.3 Å². The van der Waals surface area contributed by atoms with Crippen LogP contribution in [0.15, 0.2) is 22.0 Å². The Morgan fingerprint density at radius 2 is 2.38 bits per heavy atom. The maximum absolute atomic E-state index is 11.8. The monoisotopic (exact) mass is 220 g/mol. The van der Waals surface area contributed by atoms with Gasteiger partial charge in [-0.2, -0.15) is 5.10 Å². The van der Waals surface area contributed by atoms with Crippen LogP contribution in [-0.2, 0) is 9.59 Å². The normalized spacial score (nSPS) is 22.8. The van der Waals surface area contributed by atoms with Crippen molar-refractivity contribution in [1.82, 2.24) is 10.2 Å². The molecule has 0 aliphatic carbocycles. The van der Waals surface area contributed by atoms with Crippen molar-refractivity contribution < 1.29 is 9.59 Å².